The summed E-state index contributed by atoms with van der Waals surface area (Å²) in [6.45, 7) is 2.00. The van der Waals surface area contributed by atoms with Gasteiger partial charge in [0.25, 0.3) is 5.91 Å². The van der Waals surface area contributed by atoms with Gasteiger partial charge in [0.05, 0.1) is 0 Å². The Bertz CT molecular complexity index is 1040. The van der Waals surface area contributed by atoms with Crippen LogP contribution in [0.5, 0.6) is 0 Å². The second-order valence-corrected chi connectivity index (χ2v) is 5.73. The number of pyridine rings is 2. The fourth-order valence-electron chi connectivity index (χ4n) is 2.79. The number of anilines is 1. The summed E-state index contributed by atoms with van der Waals surface area (Å²) in [6, 6.07) is 19.0. The van der Waals surface area contributed by atoms with Gasteiger partial charge in [0, 0.05) is 18.0 Å². The number of nitrogens with zero attached hydrogens (tertiary/aromatic N) is 3. The first-order valence-electron chi connectivity index (χ1n) is 7.99. The van der Waals surface area contributed by atoms with Gasteiger partial charge in [-0.25, -0.2) is 4.98 Å². The highest BCUT2D eigenvalue weighted by Crippen LogP contribution is 2.30. The minimum atomic E-state index is -0.263. The predicted molar refractivity (Wildman–Crippen MR) is 97.6 cm³/mol. The van der Waals surface area contributed by atoms with E-state index in [1.165, 1.54) is 0 Å². The van der Waals surface area contributed by atoms with Gasteiger partial charge in [-0.15, -0.1) is 0 Å². The Morgan fingerprint density at radius 1 is 1.00 bits per heavy atom. The molecule has 0 fully saturated rings. The molecule has 0 spiro atoms. The number of aromatic nitrogens is 3. The SMILES string of the molecule is Cc1cccn2c(NC(=O)c3ccccn3)c(-c3ccccc3)nc12. The molecule has 1 aromatic carbocycles. The van der Waals surface area contributed by atoms with Gasteiger partial charge in [-0.05, 0) is 30.7 Å². The molecule has 1 amide bonds. The Labute approximate surface area is 145 Å². The normalized spacial score (nSPS) is 10.8. The maximum Gasteiger partial charge on any atom is 0.275 e. The largest absolute Gasteiger partial charge is 0.304 e. The number of hydrogen-bond donors (Lipinski definition) is 1. The van der Waals surface area contributed by atoms with Crippen LogP contribution in [-0.2, 0) is 0 Å². The number of hydrogen-bond acceptors (Lipinski definition) is 3. The summed E-state index contributed by atoms with van der Waals surface area (Å²) in [5.41, 5.74) is 3.90. The van der Waals surface area contributed by atoms with E-state index in [1.807, 2.05) is 60.0 Å². The fourth-order valence-corrected chi connectivity index (χ4v) is 2.79. The van der Waals surface area contributed by atoms with E-state index in [0.717, 1.165) is 22.5 Å². The quantitative estimate of drug-likeness (QED) is 0.619. The number of carbonyl (C=O) groups is 1. The second-order valence-electron chi connectivity index (χ2n) is 5.73. The Kier molecular flexibility index (Phi) is 3.74. The van der Waals surface area contributed by atoms with Gasteiger partial charge in [-0.3, -0.25) is 14.2 Å². The van der Waals surface area contributed by atoms with Crippen LogP contribution in [0.4, 0.5) is 5.82 Å². The maximum atomic E-state index is 12.6. The highest BCUT2D eigenvalue weighted by molar-refractivity contribution is 6.04. The number of aryl methyl sites for hydroxylation is 1. The number of rotatable bonds is 3. The summed E-state index contributed by atoms with van der Waals surface area (Å²) in [4.78, 5) is 21.5. The lowest BCUT2D eigenvalue weighted by Gasteiger charge is -2.07. The molecule has 0 saturated carbocycles. The highest BCUT2D eigenvalue weighted by Gasteiger charge is 2.18. The van der Waals surface area contributed by atoms with Crippen LogP contribution in [0.15, 0.2) is 73.1 Å². The number of imidazole rings is 1. The van der Waals surface area contributed by atoms with E-state index in [-0.39, 0.29) is 5.91 Å². The summed E-state index contributed by atoms with van der Waals surface area (Å²) in [5.74, 6) is 0.377. The molecule has 0 aliphatic carbocycles. The van der Waals surface area contributed by atoms with Crippen molar-refractivity contribution in [2.75, 3.05) is 5.32 Å². The molecule has 0 atom stereocenters. The summed E-state index contributed by atoms with van der Waals surface area (Å²) in [5, 5.41) is 2.97. The molecule has 0 aliphatic heterocycles. The zero-order chi connectivity index (χ0) is 17.2. The molecule has 4 rings (SSSR count). The zero-order valence-corrected chi connectivity index (χ0v) is 13.7. The molecule has 0 unspecified atom stereocenters. The van der Waals surface area contributed by atoms with Crippen molar-refractivity contribution < 1.29 is 4.79 Å². The smallest absolute Gasteiger partial charge is 0.275 e. The number of fused-ring (bicyclic) bond motifs is 1. The van der Waals surface area contributed by atoms with Crippen molar-refractivity contribution in [3.05, 3.63) is 84.3 Å². The van der Waals surface area contributed by atoms with Gasteiger partial charge in [0.1, 0.15) is 22.9 Å². The molecule has 1 N–H and O–H groups in total. The van der Waals surface area contributed by atoms with Crippen molar-refractivity contribution in [3.63, 3.8) is 0 Å². The third-order valence-electron chi connectivity index (χ3n) is 4.02. The highest BCUT2D eigenvalue weighted by atomic mass is 16.2. The molecule has 0 saturated heterocycles. The van der Waals surface area contributed by atoms with Crippen molar-refractivity contribution in [2.24, 2.45) is 0 Å². The molecule has 25 heavy (non-hydrogen) atoms. The van der Waals surface area contributed by atoms with Crippen molar-refractivity contribution >= 4 is 17.4 Å². The molecule has 0 aliphatic rings. The van der Waals surface area contributed by atoms with E-state index in [1.54, 1.807) is 24.4 Å². The van der Waals surface area contributed by atoms with Crippen molar-refractivity contribution in [1.29, 1.82) is 0 Å². The van der Waals surface area contributed by atoms with Crippen molar-refractivity contribution in [1.82, 2.24) is 14.4 Å². The Hall–Kier alpha value is -3.47. The Balaban J connectivity index is 1.86. The topological polar surface area (TPSA) is 59.3 Å². The van der Waals surface area contributed by atoms with E-state index < -0.39 is 0 Å². The van der Waals surface area contributed by atoms with Gasteiger partial charge < -0.3 is 5.32 Å². The lowest BCUT2D eigenvalue weighted by atomic mass is 10.1. The first-order valence-corrected chi connectivity index (χ1v) is 7.99. The first kappa shape index (κ1) is 15.1. The van der Waals surface area contributed by atoms with Crippen LogP contribution in [0.3, 0.4) is 0 Å². The van der Waals surface area contributed by atoms with Crippen LogP contribution >= 0.6 is 0 Å². The fraction of sp³-hybridized carbons (Fsp3) is 0.0500. The summed E-state index contributed by atoms with van der Waals surface area (Å²) in [6.07, 6.45) is 3.50. The van der Waals surface area contributed by atoms with Gasteiger partial charge in [0.2, 0.25) is 0 Å². The van der Waals surface area contributed by atoms with E-state index in [0.29, 0.717) is 11.5 Å². The minimum absolute atomic E-state index is 0.263. The van der Waals surface area contributed by atoms with Gasteiger partial charge in [-0.2, -0.15) is 0 Å². The van der Waals surface area contributed by atoms with Gasteiger partial charge in [0.15, 0.2) is 0 Å². The number of nitrogens with one attached hydrogen (secondary N) is 1. The average molecular weight is 328 g/mol. The lowest BCUT2D eigenvalue weighted by Crippen LogP contribution is -2.15. The Morgan fingerprint density at radius 3 is 2.56 bits per heavy atom. The van der Waals surface area contributed by atoms with Crippen LogP contribution in [-0.4, -0.2) is 20.3 Å². The Morgan fingerprint density at radius 2 is 1.80 bits per heavy atom. The molecule has 5 nitrogen and oxygen atoms in total. The number of amides is 1. The molecule has 3 heterocycles. The van der Waals surface area contributed by atoms with Crippen LogP contribution in [0.25, 0.3) is 16.9 Å². The minimum Gasteiger partial charge on any atom is -0.304 e. The molecule has 3 aromatic heterocycles. The second kappa shape index (κ2) is 6.20. The zero-order valence-electron chi connectivity index (χ0n) is 13.7. The lowest BCUT2D eigenvalue weighted by molar-refractivity contribution is 0.102. The molecular formula is C20H16N4O. The maximum absolute atomic E-state index is 12.6. The van der Waals surface area contributed by atoms with Crippen molar-refractivity contribution in [2.45, 2.75) is 6.92 Å². The molecule has 4 aromatic rings. The average Bonchev–Trinajstić information content (AvgIpc) is 3.03. The summed E-state index contributed by atoms with van der Waals surface area (Å²) >= 11 is 0. The molecular weight excluding hydrogens is 312 g/mol. The number of benzene rings is 1. The molecule has 0 radical (unpaired) electrons. The summed E-state index contributed by atoms with van der Waals surface area (Å²) in [7, 11) is 0. The van der Waals surface area contributed by atoms with Crippen LogP contribution in [0.1, 0.15) is 16.1 Å². The molecule has 0 bridgehead atoms. The molecule has 122 valence electrons. The van der Waals surface area contributed by atoms with E-state index in [2.05, 4.69) is 10.3 Å². The van der Waals surface area contributed by atoms with Crippen molar-refractivity contribution in [3.8, 4) is 11.3 Å². The monoisotopic (exact) mass is 328 g/mol. The standard InChI is InChI=1S/C20H16N4O/c1-14-8-7-13-24-18(14)22-17(15-9-3-2-4-10-15)19(24)23-20(25)16-11-5-6-12-21-16/h2-13H,1H3,(H,23,25). The predicted octanol–water partition coefficient (Wildman–Crippen LogP) is 3.96. The third-order valence-corrected chi connectivity index (χ3v) is 4.02. The van der Waals surface area contributed by atoms with E-state index >= 15 is 0 Å². The third kappa shape index (κ3) is 2.76. The van der Waals surface area contributed by atoms with E-state index in [4.69, 9.17) is 4.98 Å². The van der Waals surface area contributed by atoms with Gasteiger partial charge >= 0.3 is 0 Å². The number of carbonyl (C=O) groups excluding carboxylic acids is 1. The first-order chi connectivity index (χ1) is 12.2. The molecule has 5 heteroatoms. The van der Waals surface area contributed by atoms with Gasteiger partial charge in [-0.1, -0.05) is 42.5 Å². The van der Waals surface area contributed by atoms with Crippen LogP contribution in [0.2, 0.25) is 0 Å². The van der Waals surface area contributed by atoms with Crippen LogP contribution < -0.4 is 5.32 Å². The van der Waals surface area contributed by atoms with E-state index in [9.17, 15) is 4.79 Å². The van der Waals surface area contributed by atoms with Crippen LogP contribution in [0, 0.1) is 6.92 Å². The summed E-state index contributed by atoms with van der Waals surface area (Å²) < 4.78 is 1.90.